The van der Waals surface area contributed by atoms with E-state index in [9.17, 15) is 4.79 Å². The molecule has 104 valence electrons. The minimum Gasteiger partial charge on any atom is -0.380 e. The zero-order valence-electron chi connectivity index (χ0n) is 10.9. The van der Waals surface area contributed by atoms with Crippen LogP contribution < -0.4 is 5.32 Å². The smallest absolute Gasteiger partial charge is 0.257 e. The first-order chi connectivity index (χ1) is 9.61. The molecule has 3 nitrogen and oxygen atoms in total. The van der Waals surface area contributed by atoms with Gasteiger partial charge in [-0.2, -0.15) is 0 Å². The van der Waals surface area contributed by atoms with Crippen LogP contribution in [-0.4, -0.2) is 13.0 Å². The first-order valence-electron chi connectivity index (χ1n) is 5.98. The largest absolute Gasteiger partial charge is 0.380 e. The fraction of sp³-hybridized carbons (Fsp3) is 0.133. The number of carbonyl (C=O) groups is 1. The Hall–Kier alpha value is -1.49. The molecule has 2 rings (SSSR count). The number of rotatable bonds is 4. The van der Waals surface area contributed by atoms with Crippen molar-refractivity contribution in [3.63, 3.8) is 0 Å². The minimum atomic E-state index is -0.269. The van der Waals surface area contributed by atoms with Crippen molar-refractivity contribution in [3.8, 4) is 0 Å². The summed E-state index contributed by atoms with van der Waals surface area (Å²) in [6.45, 7) is 0.427. The van der Waals surface area contributed by atoms with Gasteiger partial charge >= 0.3 is 0 Å². The Morgan fingerprint density at radius 2 is 2.05 bits per heavy atom. The van der Waals surface area contributed by atoms with Crippen LogP contribution in [0, 0.1) is 0 Å². The molecule has 20 heavy (non-hydrogen) atoms. The second-order valence-electron chi connectivity index (χ2n) is 4.21. The monoisotopic (exact) mass is 307 g/mol. The summed E-state index contributed by atoms with van der Waals surface area (Å²) in [5.41, 5.74) is 2.01. The molecule has 2 aromatic carbocycles. The summed E-state index contributed by atoms with van der Waals surface area (Å²) in [5, 5.41) is 3.24. The maximum atomic E-state index is 12.3. The van der Waals surface area contributed by atoms with Crippen LogP contribution in [0.1, 0.15) is 15.9 Å². The van der Waals surface area contributed by atoms with E-state index in [1.54, 1.807) is 25.3 Å². The Kier molecular flexibility index (Phi) is 5.06. The lowest BCUT2D eigenvalue weighted by Gasteiger charge is -2.11. The SMILES string of the molecule is COCc1ccccc1NC(=O)c1cc(S)ccc1Cl. The summed E-state index contributed by atoms with van der Waals surface area (Å²) in [4.78, 5) is 13.0. The maximum absolute atomic E-state index is 12.3. The summed E-state index contributed by atoms with van der Waals surface area (Å²) in [6.07, 6.45) is 0. The van der Waals surface area contributed by atoms with Crippen molar-refractivity contribution in [3.05, 3.63) is 58.6 Å². The molecule has 1 N–H and O–H groups in total. The number of anilines is 1. The summed E-state index contributed by atoms with van der Waals surface area (Å²) < 4.78 is 5.11. The topological polar surface area (TPSA) is 38.3 Å². The fourth-order valence-corrected chi connectivity index (χ4v) is 2.21. The van der Waals surface area contributed by atoms with Crippen molar-refractivity contribution < 1.29 is 9.53 Å². The van der Waals surface area contributed by atoms with E-state index in [0.717, 1.165) is 5.56 Å². The molecule has 1 amide bonds. The third-order valence-electron chi connectivity index (χ3n) is 2.76. The highest BCUT2D eigenvalue weighted by atomic mass is 35.5. The van der Waals surface area contributed by atoms with Gasteiger partial charge in [-0.15, -0.1) is 12.6 Å². The lowest BCUT2D eigenvalue weighted by molar-refractivity contribution is 0.102. The van der Waals surface area contributed by atoms with Crippen molar-refractivity contribution in [2.24, 2.45) is 0 Å². The van der Waals surface area contributed by atoms with Gasteiger partial charge in [-0.05, 0) is 24.3 Å². The number of carbonyl (C=O) groups excluding carboxylic acids is 1. The predicted octanol–water partition coefficient (Wildman–Crippen LogP) is 4.03. The molecule has 0 aliphatic carbocycles. The minimum absolute atomic E-state index is 0.269. The van der Waals surface area contributed by atoms with Crippen molar-refractivity contribution in [1.29, 1.82) is 0 Å². The molecule has 0 spiro atoms. The molecular weight excluding hydrogens is 294 g/mol. The number of methoxy groups -OCH3 is 1. The Balaban J connectivity index is 2.26. The van der Waals surface area contributed by atoms with Gasteiger partial charge in [0, 0.05) is 23.3 Å². The van der Waals surface area contributed by atoms with Crippen LogP contribution in [0.25, 0.3) is 0 Å². The summed E-state index contributed by atoms with van der Waals surface area (Å²) in [7, 11) is 1.61. The molecule has 0 heterocycles. The van der Waals surface area contributed by atoms with Crippen LogP contribution in [0.3, 0.4) is 0 Å². The van der Waals surface area contributed by atoms with E-state index >= 15 is 0 Å². The highest BCUT2D eigenvalue weighted by Gasteiger charge is 2.12. The van der Waals surface area contributed by atoms with E-state index in [-0.39, 0.29) is 5.91 Å². The van der Waals surface area contributed by atoms with Crippen molar-refractivity contribution in [2.45, 2.75) is 11.5 Å². The number of nitrogens with one attached hydrogen (secondary N) is 1. The van der Waals surface area contributed by atoms with Crippen LogP contribution in [0.5, 0.6) is 0 Å². The lowest BCUT2D eigenvalue weighted by Crippen LogP contribution is -2.14. The van der Waals surface area contributed by atoms with Gasteiger partial charge in [0.05, 0.1) is 17.2 Å². The molecule has 0 saturated carbocycles. The van der Waals surface area contributed by atoms with Crippen LogP contribution in [0.15, 0.2) is 47.4 Å². The summed E-state index contributed by atoms with van der Waals surface area (Å²) in [5.74, 6) is -0.269. The molecular formula is C15H14ClNO2S. The van der Waals surface area contributed by atoms with Crippen molar-refractivity contribution in [1.82, 2.24) is 0 Å². The number of hydrogen-bond donors (Lipinski definition) is 2. The van der Waals surface area contributed by atoms with Gasteiger partial charge in [0.1, 0.15) is 0 Å². The lowest BCUT2D eigenvalue weighted by atomic mass is 10.1. The molecule has 0 fully saturated rings. The van der Waals surface area contributed by atoms with Gasteiger partial charge < -0.3 is 10.1 Å². The number of ether oxygens (including phenoxy) is 1. The van der Waals surface area contributed by atoms with Crippen LogP contribution in [0.4, 0.5) is 5.69 Å². The van der Waals surface area contributed by atoms with E-state index in [4.69, 9.17) is 16.3 Å². The van der Waals surface area contributed by atoms with Gasteiger partial charge in [-0.25, -0.2) is 0 Å². The number of para-hydroxylation sites is 1. The quantitative estimate of drug-likeness (QED) is 0.837. The maximum Gasteiger partial charge on any atom is 0.257 e. The zero-order chi connectivity index (χ0) is 14.5. The number of thiol groups is 1. The second kappa shape index (κ2) is 6.79. The summed E-state index contributed by atoms with van der Waals surface area (Å²) in [6, 6.07) is 12.5. The molecule has 0 unspecified atom stereocenters. The number of halogens is 1. The molecule has 5 heteroatoms. The molecule has 2 aromatic rings. The van der Waals surface area contributed by atoms with E-state index < -0.39 is 0 Å². The Morgan fingerprint density at radius 1 is 1.30 bits per heavy atom. The standard InChI is InChI=1S/C15H14ClNO2S/c1-19-9-10-4-2-3-5-14(10)17-15(18)12-8-11(20)6-7-13(12)16/h2-8,20H,9H2,1H3,(H,17,18). The highest BCUT2D eigenvalue weighted by Crippen LogP contribution is 2.22. The molecule has 0 aliphatic heterocycles. The Labute approximate surface area is 128 Å². The van der Waals surface area contributed by atoms with Crippen molar-refractivity contribution >= 4 is 35.8 Å². The first-order valence-corrected chi connectivity index (χ1v) is 6.81. The number of benzene rings is 2. The van der Waals surface area contributed by atoms with Gasteiger partial charge in [0.25, 0.3) is 5.91 Å². The first kappa shape index (κ1) is 14.9. The van der Waals surface area contributed by atoms with Gasteiger partial charge in [0.2, 0.25) is 0 Å². The Bertz CT molecular complexity index is 631. The average molecular weight is 308 g/mol. The predicted molar refractivity (Wildman–Crippen MR) is 83.8 cm³/mol. The fourth-order valence-electron chi connectivity index (χ4n) is 1.80. The highest BCUT2D eigenvalue weighted by molar-refractivity contribution is 7.80. The van der Waals surface area contributed by atoms with Gasteiger partial charge in [0.15, 0.2) is 0 Å². The van der Waals surface area contributed by atoms with Crippen LogP contribution >= 0.6 is 24.2 Å². The van der Waals surface area contributed by atoms with E-state index in [0.29, 0.717) is 27.8 Å². The summed E-state index contributed by atoms with van der Waals surface area (Å²) >= 11 is 10.3. The third-order valence-corrected chi connectivity index (χ3v) is 3.37. The van der Waals surface area contributed by atoms with Gasteiger partial charge in [-0.1, -0.05) is 29.8 Å². The van der Waals surface area contributed by atoms with E-state index in [1.807, 2.05) is 24.3 Å². The zero-order valence-corrected chi connectivity index (χ0v) is 12.5. The molecule has 0 bridgehead atoms. The molecule has 0 aliphatic rings. The molecule has 0 saturated heterocycles. The second-order valence-corrected chi connectivity index (χ2v) is 5.13. The van der Waals surface area contributed by atoms with E-state index in [1.165, 1.54) is 0 Å². The normalized spacial score (nSPS) is 10.3. The van der Waals surface area contributed by atoms with Crippen LogP contribution in [-0.2, 0) is 11.3 Å². The van der Waals surface area contributed by atoms with Crippen molar-refractivity contribution in [2.75, 3.05) is 12.4 Å². The molecule has 0 atom stereocenters. The number of hydrogen-bond acceptors (Lipinski definition) is 3. The van der Waals surface area contributed by atoms with E-state index in [2.05, 4.69) is 17.9 Å². The molecule has 0 radical (unpaired) electrons. The Morgan fingerprint density at radius 3 is 2.80 bits per heavy atom. The number of amides is 1. The van der Waals surface area contributed by atoms with Crippen LogP contribution in [0.2, 0.25) is 5.02 Å². The van der Waals surface area contributed by atoms with Gasteiger partial charge in [-0.3, -0.25) is 4.79 Å². The average Bonchev–Trinajstić information content (AvgIpc) is 2.44. The third kappa shape index (κ3) is 3.54. The molecule has 0 aromatic heterocycles.